The summed E-state index contributed by atoms with van der Waals surface area (Å²) in [5.41, 5.74) is 2.12. The van der Waals surface area contributed by atoms with Crippen LogP contribution in [0, 0.1) is 5.92 Å². The van der Waals surface area contributed by atoms with Gasteiger partial charge in [-0.1, -0.05) is 18.2 Å². The normalized spacial score (nSPS) is 19.8. The van der Waals surface area contributed by atoms with Crippen molar-refractivity contribution in [2.45, 2.75) is 32.7 Å². The number of nitrogens with one attached hydrogen (secondary N) is 3. The van der Waals surface area contributed by atoms with Crippen LogP contribution in [0.2, 0.25) is 0 Å². The molecule has 0 aliphatic carbocycles. The quantitative estimate of drug-likeness (QED) is 0.657. The Morgan fingerprint density at radius 1 is 0.897 bits per heavy atom. The molecule has 1 aliphatic heterocycles. The summed E-state index contributed by atoms with van der Waals surface area (Å²) in [6, 6.07) is 16.2. The van der Waals surface area contributed by atoms with E-state index in [1.165, 1.54) is 11.8 Å². The van der Waals surface area contributed by atoms with Crippen molar-refractivity contribution in [2.24, 2.45) is 5.92 Å². The third-order valence-corrected chi connectivity index (χ3v) is 5.60. The van der Waals surface area contributed by atoms with Crippen molar-refractivity contribution >= 4 is 29.0 Å². The van der Waals surface area contributed by atoms with E-state index in [0.29, 0.717) is 11.3 Å². The Balaban J connectivity index is 1.48. The van der Waals surface area contributed by atoms with Gasteiger partial charge in [-0.15, -0.1) is 0 Å². The Morgan fingerprint density at radius 3 is 2.07 bits per heavy atom. The largest absolute Gasteiger partial charge is 0.326 e. The molecule has 1 saturated heterocycles. The summed E-state index contributed by atoms with van der Waals surface area (Å²) in [5, 5.41) is 5.89. The zero-order chi connectivity index (χ0) is 20.8. The molecule has 152 valence electrons. The highest BCUT2D eigenvalue weighted by Gasteiger charge is 2.32. The van der Waals surface area contributed by atoms with Gasteiger partial charge in [0.2, 0.25) is 5.91 Å². The summed E-state index contributed by atoms with van der Waals surface area (Å²) < 4.78 is 0. The first-order chi connectivity index (χ1) is 13.9. The molecule has 29 heavy (non-hydrogen) atoms. The Kier molecular flexibility index (Phi) is 6.77. The van der Waals surface area contributed by atoms with Gasteiger partial charge < -0.3 is 15.5 Å². The topological polar surface area (TPSA) is 79.7 Å². The van der Waals surface area contributed by atoms with Crippen LogP contribution in [-0.2, 0) is 9.59 Å². The summed E-state index contributed by atoms with van der Waals surface area (Å²) in [5.74, 6) is -0.0196. The number of anilines is 2. The summed E-state index contributed by atoms with van der Waals surface area (Å²) >= 11 is 0. The third kappa shape index (κ3) is 5.51. The smallest absolute Gasteiger partial charge is 0.282 e. The minimum absolute atomic E-state index is 0.000129. The Labute approximate surface area is 171 Å². The second kappa shape index (κ2) is 9.47. The second-order valence-electron chi connectivity index (χ2n) is 7.63. The fourth-order valence-corrected chi connectivity index (χ4v) is 3.67. The zero-order valence-corrected chi connectivity index (χ0v) is 16.9. The lowest BCUT2D eigenvalue weighted by atomic mass is 9.94. The van der Waals surface area contributed by atoms with Crippen molar-refractivity contribution in [1.82, 2.24) is 0 Å². The molecule has 2 aromatic carbocycles. The maximum Gasteiger partial charge on any atom is 0.282 e. The number of Topliss-reactive ketones (excluding diaryl/α,β-unsaturated/α-hetero) is 1. The predicted octanol–water partition coefficient (Wildman–Crippen LogP) is 2.15. The van der Waals surface area contributed by atoms with Crippen LogP contribution in [0.1, 0.15) is 37.0 Å². The average molecular weight is 394 g/mol. The number of carbonyl (C=O) groups excluding carboxylic acids is 3. The molecule has 6 nitrogen and oxygen atoms in total. The van der Waals surface area contributed by atoms with E-state index in [4.69, 9.17) is 0 Å². The number of piperidine rings is 1. The van der Waals surface area contributed by atoms with Crippen LogP contribution in [0.15, 0.2) is 54.6 Å². The maximum atomic E-state index is 12.6. The monoisotopic (exact) mass is 394 g/mol. The van der Waals surface area contributed by atoms with E-state index >= 15 is 0 Å². The minimum atomic E-state index is -0.208. The highest BCUT2D eigenvalue weighted by molar-refractivity contribution is 5.96. The van der Waals surface area contributed by atoms with Crippen LogP contribution >= 0.6 is 0 Å². The van der Waals surface area contributed by atoms with Crippen molar-refractivity contribution in [2.75, 3.05) is 23.7 Å². The lowest BCUT2D eigenvalue weighted by molar-refractivity contribution is -0.919. The number of carbonyl (C=O) groups is 3. The summed E-state index contributed by atoms with van der Waals surface area (Å²) in [6.07, 6.45) is 1.53. The molecule has 2 amide bonds. The number of hydrogen-bond donors (Lipinski definition) is 3. The number of benzene rings is 2. The molecule has 6 heteroatoms. The van der Waals surface area contributed by atoms with Gasteiger partial charge in [-0.25, -0.2) is 0 Å². The molecule has 1 aliphatic rings. The zero-order valence-electron chi connectivity index (χ0n) is 16.9. The van der Waals surface area contributed by atoms with Gasteiger partial charge in [0.1, 0.15) is 0 Å². The van der Waals surface area contributed by atoms with Gasteiger partial charge in [0, 0.05) is 35.7 Å². The summed E-state index contributed by atoms with van der Waals surface area (Å²) in [7, 11) is 0. The first-order valence-electron chi connectivity index (χ1n) is 10.1. The molecule has 3 N–H and O–H groups in total. The van der Waals surface area contributed by atoms with Gasteiger partial charge in [-0.05, 0) is 50.2 Å². The van der Waals surface area contributed by atoms with Crippen molar-refractivity contribution in [1.29, 1.82) is 0 Å². The average Bonchev–Trinajstić information content (AvgIpc) is 2.74. The standard InChI is InChI=1S/C23H27N3O3/c1-16(22(28)24-21-10-8-18(9-11-21)17(2)27)26-14-12-19(13-15-26)23(29)25-20-6-4-3-5-7-20/h3-11,16,19H,12-15H2,1-2H3,(H,24,28)(H,25,29)/p+1/t16-/m0/s1. The van der Waals surface area contributed by atoms with Crippen LogP contribution < -0.4 is 15.5 Å². The van der Waals surface area contributed by atoms with E-state index in [0.717, 1.165) is 31.6 Å². The van der Waals surface area contributed by atoms with Crippen molar-refractivity contribution < 1.29 is 19.3 Å². The van der Waals surface area contributed by atoms with E-state index in [2.05, 4.69) is 10.6 Å². The molecule has 1 atom stereocenters. The van der Waals surface area contributed by atoms with Gasteiger partial charge in [0.15, 0.2) is 11.8 Å². The lowest BCUT2D eigenvalue weighted by Gasteiger charge is -2.32. The molecule has 0 radical (unpaired) electrons. The SMILES string of the molecule is CC(=O)c1ccc(NC(=O)[C@H](C)[NH+]2CCC(C(=O)Nc3ccccc3)CC2)cc1. The number of rotatable bonds is 6. The Morgan fingerprint density at radius 2 is 1.48 bits per heavy atom. The first-order valence-corrected chi connectivity index (χ1v) is 10.1. The molecular weight excluding hydrogens is 366 g/mol. The molecule has 1 heterocycles. The van der Waals surface area contributed by atoms with Crippen LogP contribution in [0.4, 0.5) is 11.4 Å². The summed E-state index contributed by atoms with van der Waals surface area (Å²) in [4.78, 5) is 37.6. The van der Waals surface area contributed by atoms with E-state index in [1.54, 1.807) is 24.3 Å². The molecular formula is C23H28N3O3+. The second-order valence-corrected chi connectivity index (χ2v) is 7.63. The van der Waals surface area contributed by atoms with E-state index in [1.807, 2.05) is 37.3 Å². The van der Waals surface area contributed by atoms with Crippen molar-refractivity contribution in [3.05, 3.63) is 60.2 Å². The molecule has 1 fully saturated rings. The molecule has 2 aromatic rings. The van der Waals surface area contributed by atoms with Crippen molar-refractivity contribution in [3.63, 3.8) is 0 Å². The molecule has 0 spiro atoms. The Bertz CT molecular complexity index is 857. The van der Waals surface area contributed by atoms with Crippen LogP contribution in [0.25, 0.3) is 0 Å². The van der Waals surface area contributed by atoms with Gasteiger partial charge in [-0.2, -0.15) is 0 Å². The predicted molar refractivity (Wildman–Crippen MR) is 113 cm³/mol. The number of hydrogen-bond acceptors (Lipinski definition) is 3. The van der Waals surface area contributed by atoms with Crippen LogP contribution in [-0.4, -0.2) is 36.7 Å². The van der Waals surface area contributed by atoms with E-state index < -0.39 is 0 Å². The van der Waals surface area contributed by atoms with E-state index in [9.17, 15) is 14.4 Å². The maximum absolute atomic E-state index is 12.6. The van der Waals surface area contributed by atoms with Gasteiger partial charge in [0.25, 0.3) is 5.91 Å². The van der Waals surface area contributed by atoms with Gasteiger partial charge in [0.05, 0.1) is 13.1 Å². The van der Waals surface area contributed by atoms with Gasteiger partial charge >= 0.3 is 0 Å². The highest BCUT2D eigenvalue weighted by atomic mass is 16.2. The molecule has 0 saturated carbocycles. The fourth-order valence-electron chi connectivity index (χ4n) is 3.67. The Hall–Kier alpha value is -2.99. The van der Waals surface area contributed by atoms with Gasteiger partial charge in [-0.3, -0.25) is 14.4 Å². The summed E-state index contributed by atoms with van der Waals surface area (Å²) in [6.45, 7) is 5.00. The first kappa shape index (κ1) is 20.7. The molecule has 0 bridgehead atoms. The van der Waals surface area contributed by atoms with E-state index in [-0.39, 0.29) is 29.6 Å². The minimum Gasteiger partial charge on any atom is -0.326 e. The number of ketones is 1. The van der Waals surface area contributed by atoms with Crippen molar-refractivity contribution in [3.8, 4) is 0 Å². The molecule has 0 aromatic heterocycles. The number of para-hydroxylation sites is 1. The molecule has 0 unspecified atom stereocenters. The molecule has 3 rings (SSSR count). The third-order valence-electron chi connectivity index (χ3n) is 5.60. The highest BCUT2D eigenvalue weighted by Crippen LogP contribution is 2.15. The van der Waals surface area contributed by atoms with Crippen LogP contribution in [0.3, 0.4) is 0 Å². The number of quaternary nitrogens is 1. The lowest BCUT2D eigenvalue weighted by Crippen LogP contribution is -3.17. The number of amides is 2. The number of likely N-dealkylation sites (tertiary alicyclic amines) is 1. The fraction of sp³-hybridized carbons (Fsp3) is 0.348. The van der Waals surface area contributed by atoms with Crippen LogP contribution in [0.5, 0.6) is 0 Å².